The summed E-state index contributed by atoms with van der Waals surface area (Å²) in [6.07, 6.45) is 5.82. The SMILES string of the molecule is CC(NCc1cccc(C#N)c1)C1CC2CCC1C2. The topological polar surface area (TPSA) is 35.8 Å². The summed E-state index contributed by atoms with van der Waals surface area (Å²) in [4.78, 5) is 0. The largest absolute Gasteiger partial charge is 0.310 e. The number of benzene rings is 1. The van der Waals surface area contributed by atoms with Crippen LogP contribution in [0.15, 0.2) is 24.3 Å². The van der Waals surface area contributed by atoms with Crippen molar-refractivity contribution in [2.75, 3.05) is 0 Å². The highest BCUT2D eigenvalue weighted by Crippen LogP contribution is 2.49. The molecule has 0 spiro atoms. The van der Waals surface area contributed by atoms with E-state index in [0.29, 0.717) is 6.04 Å². The highest BCUT2D eigenvalue weighted by atomic mass is 14.9. The van der Waals surface area contributed by atoms with Crippen LogP contribution in [0.3, 0.4) is 0 Å². The van der Waals surface area contributed by atoms with Gasteiger partial charge < -0.3 is 5.32 Å². The number of fused-ring (bicyclic) bond motifs is 2. The molecule has 2 saturated carbocycles. The second kappa shape index (κ2) is 5.35. The highest BCUT2D eigenvalue weighted by molar-refractivity contribution is 5.32. The van der Waals surface area contributed by atoms with Crippen LogP contribution in [0.5, 0.6) is 0 Å². The number of hydrogen-bond donors (Lipinski definition) is 1. The molecular weight excluding hydrogens is 232 g/mol. The van der Waals surface area contributed by atoms with Gasteiger partial charge in [0.05, 0.1) is 11.6 Å². The van der Waals surface area contributed by atoms with Crippen molar-refractivity contribution in [3.8, 4) is 6.07 Å². The minimum Gasteiger partial charge on any atom is -0.310 e. The molecule has 0 saturated heterocycles. The Kier molecular flexibility index (Phi) is 3.57. The Morgan fingerprint density at radius 1 is 1.37 bits per heavy atom. The Morgan fingerprint density at radius 3 is 2.95 bits per heavy atom. The number of rotatable bonds is 4. The average Bonchev–Trinajstić information content (AvgIpc) is 3.07. The predicted molar refractivity (Wildman–Crippen MR) is 76.4 cm³/mol. The maximum absolute atomic E-state index is 8.91. The Balaban J connectivity index is 1.55. The lowest BCUT2D eigenvalue weighted by atomic mass is 9.84. The van der Waals surface area contributed by atoms with Gasteiger partial charge in [-0.05, 0) is 61.6 Å². The summed E-state index contributed by atoms with van der Waals surface area (Å²) in [6.45, 7) is 3.21. The third-order valence-corrected chi connectivity index (χ3v) is 5.12. The second-order valence-electron chi connectivity index (χ2n) is 6.32. The van der Waals surface area contributed by atoms with Crippen molar-refractivity contribution >= 4 is 0 Å². The zero-order valence-electron chi connectivity index (χ0n) is 11.6. The van der Waals surface area contributed by atoms with Crippen molar-refractivity contribution in [2.24, 2.45) is 17.8 Å². The van der Waals surface area contributed by atoms with Gasteiger partial charge in [-0.2, -0.15) is 5.26 Å². The standard InChI is InChI=1S/C17H22N2/c1-12(17-9-13-5-6-16(17)8-13)19-11-15-4-2-3-14(7-15)10-18/h2-4,7,12-13,16-17,19H,5-6,8-9,11H2,1H3. The molecule has 1 aromatic rings. The van der Waals surface area contributed by atoms with E-state index >= 15 is 0 Å². The smallest absolute Gasteiger partial charge is 0.0991 e. The molecule has 4 unspecified atom stereocenters. The molecule has 0 aromatic heterocycles. The van der Waals surface area contributed by atoms with E-state index in [1.807, 2.05) is 18.2 Å². The Bertz CT molecular complexity index is 488. The van der Waals surface area contributed by atoms with E-state index in [4.69, 9.17) is 5.26 Å². The summed E-state index contributed by atoms with van der Waals surface area (Å²) < 4.78 is 0. The van der Waals surface area contributed by atoms with Crippen molar-refractivity contribution in [3.05, 3.63) is 35.4 Å². The summed E-state index contributed by atoms with van der Waals surface area (Å²) in [5, 5.41) is 12.6. The molecule has 3 rings (SSSR count). The van der Waals surface area contributed by atoms with Crippen LogP contribution < -0.4 is 5.32 Å². The van der Waals surface area contributed by atoms with Crippen molar-refractivity contribution in [1.29, 1.82) is 5.26 Å². The molecule has 2 bridgehead atoms. The fraction of sp³-hybridized carbons (Fsp3) is 0.588. The first-order valence-corrected chi connectivity index (χ1v) is 7.48. The molecule has 100 valence electrons. The predicted octanol–water partition coefficient (Wildman–Crippen LogP) is 3.47. The number of nitriles is 1. The van der Waals surface area contributed by atoms with Crippen LogP contribution in [0.4, 0.5) is 0 Å². The molecule has 0 aliphatic heterocycles. The van der Waals surface area contributed by atoms with Gasteiger partial charge in [-0.3, -0.25) is 0 Å². The van der Waals surface area contributed by atoms with Crippen LogP contribution in [0.1, 0.15) is 43.7 Å². The van der Waals surface area contributed by atoms with Crippen molar-refractivity contribution in [3.63, 3.8) is 0 Å². The molecule has 1 N–H and O–H groups in total. The van der Waals surface area contributed by atoms with Gasteiger partial charge in [0.2, 0.25) is 0 Å². The van der Waals surface area contributed by atoms with Crippen LogP contribution in [-0.4, -0.2) is 6.04 Å². The van der Waals surface area contributed by atoms with Gasteiger partial charge in [0, 0.05) is 12.6 Å². The van der Waals surface area contributed by atoms with Gasteiger partial charge in [-0.25, -0.2) is 0 Å². The molecule has 0 amide bonds. The van der Waals surface area contributed by atoms with E-state index in [-0.39, 0.29) is 0 Å². The normalized spacial score (nSPS) is 30.2. The first-order valence-electron chi connectivity index (χ1n) is 7.48. The van der Waals surface area contributed by atoms with Crippen LogP contribution in [0.2, 0.25) is 0 Å². The van der Waals surface area contributed by atoms with Crippen LogP contribution in [0.25, 0.3) is 0 Å². The molecule has 2 nitrogen and oxygen atoms in total. The highest BCUT2D eigenvalue weighted by Gasteiger charge is 2.41. The maximum atomic E-state index is 8.91. The lowest BCUT2D eigenvalue weighted by Crippen LogP contribution is -2.35. The fourth-order valence-electron chi connectivity index (χ4n) is 4.09. The zero-order valence-corrected chi connectivity index (χ0v) is 11.6. The fourth-order valence-corrected chi connectivity index (χ4v) is 4.09. The lowest BCUT2D eigenvalue weighted by molar-refractivity contribution is 0.259. The summed E-state index contributed by atoms with van der Waals surface area (Å²) in [5.74, 6) is 2.86. The summed E-state index contributed by atoms with van der Waals surface area (Å²) >= 11 is 0. The van der Waals surface area contributed by atoms with E-state index in [2.05, 4.69) is 24.4 Å². The second-order valence-corrected chi connectivity index (χ2v) is 6.32. The molecule has 0 heterocycles. The first kappa shape index (κ1) is 12.7. The van der Waals surface area contributed by atoms with Crippen molar-refractivity contribution in [1.82, 2.24) is 5.32 Å². The monoisotopic (exact) mass is 254 g/mol. The van der Waals surface area contributed by atoms with Crippen molar-refractivity contribution < 1.29 is 0 Å². The van der Waals surface area contributed by atoms with Gasteiger partial charge in [0.1, 0.15) is 0 Å². The van der Waals surface area contributed by atoms with E-state index in [1.54, 1.807) is 0 Å². The molecule has 1 aromatic carbocycles. The first-order chi connectivity index (χ1) is 9.26. The van der Waals surface area contributed by atoms with E-state index in [9.17, 15) is 0 Å². The quantitative estimate of drug-likeness (QED) is 0.893. The van der Waals surface area contributed by atoms with Crippen LogP contribution in [-0.2, 0) is 6.54 Å². The van der Waals surface area contributed by atoms with E-state index < -0.39 is 0 Å². The van der Waals surface area contributed by atoms with Crippen LogP contribution >= 0.6 is 0 Å². The number of nitrogens with zero attached hydrogens (tertiary/aromatic N) is 1. The Hall–Kier alpha value is -1.33. The van der Waals surface area contributed by atoms with E-state index in [1.165, 1.54) is 31.2 Å². The average molecular weight is 254 g/mol. The van der Waals surface area contributed by atoms with Gasteiger partial charge >= 0.3 is 0 Å². The molecule has 2 aliphatic carbocycles. The van der Waals surface area contributed by atoms with Gasteiger partial charge in [-0.15, -0.1) is 0 Å². The molecule has 4 atom stereocenters. The van der Waals surface area contributed by atoms with Crippen LogP contribution in [0, 0.1) is 29.1 Å². The third-order valence-electron chi connectivity index (χ3n) is 5.12. The summed E-state index contributed by atoms with van der Waals surface area (Å²) in [7, 11) is 0. The Labute approximate surface area is 115 Å². The molecular formula is C17H22N2. The van der Waals surface area contributed by atoms with Gasteiger partial charge in [-0.1, -0.05) is 18.6 Å². The lowest BCUT2D eigenvalue weighted by Gasteiger charge is -2.28. The summed E-state index contributed by atoms with van der Waals surface area (Å²) in [5.41, 5.74) is 1.97. The van der Waals surface area contributed by atoms with E-state index in [0.717, 1.165) is 29.9 Å². The summed E-state index contributed by atoms with van der Waals surface area (Å²) in [6, 6.07) is 10.7. The number of nitrogens with one attached hydrogen (secondary N) is 1. The van der Waals surface area contributed by atoms with Gasteiger partial charge in [0.25, 0.3) is 0 Å². The minimum absolute atomic E-state index is 0.598. The van der Waals surface area contributed by atoms with Gasteiger partial charge in [0.15, 0.2) is 0 Å². The molecule has 2 aliphatic rings. The molecule has 0 radical (unpaired) electrons. The third kappa shape index (κ3) is 2.67. The molecule has 19 heavy (non-hydrogen) atoms. The minimum atomic E-state index is 0.598. The Morgan fingerprint density at radius 2 is 2.26 bits per heavy atom. The molecule has 2 heteroatoms. The maximum Gasteiger partial charge on any atom is 0.0991 e. The van der Waals surface area contributed by atoms with Crippen molar-refractivity contribution in [2.45, 2.75) is 45.2 Å². The molecule has 2 fully saturated rings. The number of hydrogen-bond acceptors (Lipinski definition) is 2. The zero-order chi connectivity index (χ0) is 13.2.